The molecular formula is C6H18LiSi2. The molecule has 0 spiro atoms. The van der Waals surface area contributed by atoms with E-state index in [0.29, 0.717) is 0 Å². The summed E-state index contributed by atoms with van der Waals surface area (Å²) < 4.78 is 0. The van der Waals surface area contributed by atoms with Crippen LogP contribution in [0.25, 0.3) is 0 Å². The number of hydrogen-bond acceptors (Lipinski definition) is 0. The maximum atomic E-state index is 2.27. The van der Waals surface area contributed by atoms with Crippen molar-refractivity contribution in [3.05, 3.63) is 0 Å². The van der Waals surface area contributed by atoms with Gasteiger partial charge >= 0.3 is 0 Å². The van der Waals surface area contributed by atoms with E-state index >= 15 is 0 Å². The summed E-state index contributed by atoms with van der Waals surface area (Å²) in [5, 5.41) is 0. The fourth-order valence-corrected chi connectivity index (χ4v) is 0. The maximum Gasteiger partial charge on any atom is 0.0379 e. The van der Waals surface area contributed by atoms with Gasteiger partial charge in [-0.3, -0.25) is 0 Å². The maximum absolute atomic E-state index is 2.27. The van der Waals surface area contributed by atoms with Gasteiger partial charge in [0, 0.05) is 36.5 Å². The molecule has 0 aliphatic heterocycles. The molecule has 9 heavy (non-hydrogen) atoms. The first-order valence-electron chi connectivity index (χ1n) is 3.00. The average molecular weight is 153 g/mol. The molecular weight excluding hydrogens is 135 g/mol. The summed E-state index contributed by atoms with van der Waals surface area (Å²) in [6, 6.07) is 0. The molecule has 0 rings (SSSR count). The summed E-state index contributed by atoms with van der Waals surface area (Å²) in [4.78, 5) is 0. The topological polar surface area (TPSA) is 0 Å². The average Bonchev–Trinajstić information content (AvgIpc) is 1.25. The summed E-state index contributed by atoms with van der Waals surface area (Å²) in [7, 11) is 0.241. The van der Waals surface area contributed by atoms with Crippen molar-refractivity contribution in [3.63, 3.8) is 0 Å². The smallest absolute Gasteiger partial charge is 0.0379 e. The first kappa shape index (κ1) is 16.5. The Balaban J connectivity index is -0.0000000720. The van der Waals surface area contributed by atoms with E-state index in [-0.39, 0.29) is 36.5 Å². The van der Waals surface area contributed by atoms with Crippen molar-refractivity contribution in [2.75, 3.05) is 0 Å². The van der Waals surface area contributed by atoms with Crippen LogP contribution in [-0.4, -0.2) is 36.5 Å². The predicted octanol–water partition coefficient (Wildman–Crippen LogP) is 2.36. The molecule has 0 amide bonds. The molecule has 0 bridgehead atoms. The van der Waals surface area contributed by atoms with Crippen LogP contribution >= 0.6 is 0 Å². The third-order valence-corrected chi connectivity index (χ3v) is 0. The largest absolute Gasteiger partial charge is 0.0715 e. The van der Waals surface area contributed by atoms with Gasteiger partial charge in [0.1, 0.15) is 0 Å². The van der Waals surface area contributed by atoms with Crippen LogP contribution in [-0.2, 0) is 0 Å². The number of hydrogen-bond donors (Lipinski definition) is 0. The van der Waals surface area contributed by atoms with Crippen LogP contribution in [0.15, 0.2) is 0 Å². The summed E-state index contributed by atoms with van der Waals surface area (Å²) in [6.45, 7) is 13.6. The quantitative estimate of drug-likeness (QED) is 0.469. The van der Waals surface area contributed by atoms with E-state index < -0.39 is 0 Å². The Morgan fingerprint density at radius 1 is 0.556 bits per heavy atom. The predicted molar refractivity (Wildman–Crippen MR) is 52.4 cm³/mol. The van der Waals surface area contributed by atoms with Gasteiger partial charge in [0.25, 0.3) is 0 Å². The standard InChI is InChI=1S/2C3H9Si.Li/c2*1-4(2)3;/h2*1-3H3;. The second-order valence-corrected chi connectivity index (χ2v) is 9.00. The van der Waals surface area contributed by atoms with Crippen molar-refractivity contribution in [1.29, 1.82) is 0 Å². The van der Waals surface area contributed by atoms with E-state index in [2.05, 4.69) is 39.3 Å². The SMILES string of the molecule is C[Si](C)C.C[Si](C)C.[Li]. The van der Waals surface area contributed by atoms with Crippen molar-refractivity contribution in [2.24, 2.45) is 0 Å². The number of rotatable bonds is 0. The van der Waals surface area contributed by atoms with E-state index in [9.17, 15) is 0 Å². The molecule has 0 unspecified atom stereocenters. The molecule has 0 aliphatic rings. The van der Waals surface area contributed by atoms with Crippen molar-refractivity contribution >= 4 is 36.5 Å². The first-order chi connectivity index (χ1) is 3.46. The Labute approximate surface area is 75.8 Å². The zero-order valence-electron chi connectivity index (χ0n) is 8.00. The molecule has 0 fully saturated rings. The van der Waals surface area contributed by atoms with Gasteiger partial charge in [-0.1, -0.05) is 39.3 Å². The molecule has 0 aromatic heterocycles. The second kappa shape index (κ2) is 11.8. The molecule has 0 saturated heterocycles. The second-order valence-electron chi connectivity index (χ2n) is 3.00. The van der Waals surface area contributed by atoms with Crippen LogP contribution in [0.5, 0.6) is 0 Å². The van der Waals surface area contributed by atoms with Gasteiger partial charge in [-0.15, -0.1) is 0 Å². The van der Waals surface area contributed by atoms with Crippen molar-refractivity contribution in [2.45, 2.75) is 39.3 Å². The molecule has 0 saturated carbocycles. The summed E-state index contributed by atoms with van der Waals surface area (Å²) in [5.74, 6) is 0. The van der Waals surface area contributed by atoms with Crippen LogP contribution in [0.2, 0.25) is 39.3 Å². The minimum absolute atomic E-state index is 0. The van der Waals surface area contributed by atoms with Crippen LogP contribution < -0.4 is 0 Å². The fraction of sp³-hybridized carbons (Fsp3) is 1.00. The molecule has 0 nitrogen and oxygen atoms in total. The first-order valence-corrected chi connectivity index (χ1v) is 9.00. The zero-order valence-corrected chi connectivity index (χ0v) is 10.0. The third-order valence-electron chi connectivity index (χ3n) is 0. The van der Waals surface area contributed by atoms with Crippen LogP contribution in [0.4, 0.5) is 0 Å². The van der Waals surface area contributed by atoms with E-state index in [4.69, 9.17) is 0 Å². The summed E-state index contributed by atoms with van der Waals surface area (Å²) in [6.07, 6.45) is 0. The van der Waals surface area contributed by atoms with Gasteiger partial charge in [0.05, 0.1) is 0 Å². The Morgan fingerprint density at radius 3 is 0.556 bits per heavy atom. The monoisotopic (exact) mass is 153 g/mol. The Bertz CT molecular complexity index is 26.5. The molecule has 0 atom stereocenters. The van der Waals surface area contributed by atoms with E-state index in [1.165, 1.54) is 0 Å². The molecule has 0 aliphatic carbocycles. The molecule has 3 heteroatoms. The fourth-order valence-electron chi connectivity index (χ4n) is 0. The Morgan fingerprint density at radius 2 is 0.556 bits per heavy atom. The summed E-state index contributed by atoms with van der Waals surface area (Å²) in [5.41, 5.74) is 0. The Hall–Kier alpha value is 1.03. The molecule has 0 N–H and O–H groups in total. The normalized spacial score (nSPS) is 8.00. The van der Waals surface area contributed by atoms with Crippen LogP contribution in [0, 0.1) is 0 Å². The minimum atomic E-state index is 0. The van der Waals surface area contributed by atoms with Gasteiger partial charge < -0.3 is 0 Å². The zero-order chi connectivity index (χ0) is 7.15. The Kier molecular flexibility index (Phi) is 21.7. The van der Waals surface area contributed by atoms with E-state index in [0.717, 1.165) is 0 Å². The summed E-state index contributed by atoms with van der Waals surface area (Å²) >= 11 is 0. The van der Waals surface area contributed by atoms with Gasteiger partial charge in [0.15, 0.2) is 0 Å². The molecule has 0 aromatic carbocycles. The van der Waals surface area contributed by atoms with Crippen molar-refractivity contribution in [3.8, 4) is 0 Å². The van der Waals surface area contributed by atoms with E-state index in [1.54, 1.807) is 0 Å². The van der Waals surface area contributed by atoms with E-state index in [1.807, 2.05) is 0 Å². The van der Waals surface area contributed by atoms with Crippen molar-refractivity contribution < 1.29 is 0 Å². The minimum Gasteiger partial charge on any atom is -0.0715 e. The molecule has 3 radical (unpaired) electrons. The van der Waals surface area contributed by atoms with Crippen LogP contribution in [0.1, 0.15) is 0 Å². The third kappa shape index (κ3) is 420. The molecule has 0 heterocycles. The van der Waals surface area contributed by atoms with Crippen molar-refractivity contribution in [1.82, 2.24) is 0 Å². The van der Waals surface area contributed by atoms with Gasteiger partial charge in [-0.25, -0.2) is 0 Å². The van der Waals surface area contributed by atoms with Gasteiger partial charge in [-0.2, -0.15) is 0 Å². The van der Waals surface area contributed by atoms with Gasteiger partial charge in [-0.05, 0) is 0 Å². The molecule has 51 valence electrons. The van der Waals surface area contributed by atoms with Gasteiger partial charge in [0.2, 0.25) is 0 Å². The molecule has 0 aromatic rings. The van der Waals surface area contributed by atoms with Crippen LogP contribution in [0.3, 0.4) is 0 Å².